The van der Waals surface area contributed by atoms with Crippen LogP contribution >= 0.6 is 0 Å². The second-order valence-corrected chi connectivity index (χ2v) is 4.29. The van der Waals surface area contributed by atoms with E-state index in [0.29, 0.717) is 12.4 Å². The second-order valence-electron chi connectivity index (χ2n) is 4.29. The molecule has 1 N–H and O–H groups in total. The Balaban J connectivity index is 1.78. The van der Waals surface area contributed by atoms with Gasteiger partial charge in [-0.2, -0.15) is 0 Å². The van der Waals surface area contributed by atoms with Gasteiger partial charge < -0.3 is 9.84 Å². The first kappa shape index (κ1) is 12.3. The van der Waals surface area contributed by atoms with Crippen molar-refractivity contribution in [2.45, 2.75) is 18.9 Å². The fourth-order valence-corrected chi connectivity index (χ4v) is 2.23. The Kier molecular flexibility index (Phi) is 4.34. The van der Waals surface area contributed by atoms with Gasteiger partial charge in [0.15, 0.2) is 11.6 Å². The average Bonchev–Trinajstić information content (AvgIpc) is 2.79. The maximum absolute atomic E-state index is 13.3. The van der Waals surface area contributed by atoms with Gasteiger partial charge in [0.05, 0.1) is 6.61 Å². The van der Waals surface area contributed by atoms with Crippen molar-refractivity contribution >= 4 is 0 Å². The van der Waals surface area contributed by atoms with Crippen LogP contribution in [0.3, 0.4) is 0 Å². The zero-order valence-electron chi connectivity index (χ0n) is 9.81. The molecule has 0 amide bonds. The van der Waals surface area contributed by atoms with E-state index >= 15 is 0 Å². The molecule has 1 aliphatic heterocycles. The van der Waals surface area contributed by atoms with Gasteiger partial charge in [-0.25, -0.2) is 4.39 Å². The molecular formula is C13H18FNO2. The zero-order valence-corrected chi connectivity index (χ0v) is 9.81. The van der Waals surface area contributed by atoms with E-state index in [2.05, 4.69) is 4.90 Å². The highest BCUT2D eigenvalue weighted by molar-refractivity contribution is 5.23. The molecule has 0 radical (unpaired) electrons. The van der Waals surface area contributed by atoms with Crippen LogP contribution in [0.1, 0.15) is 12.8 Å². The smallest absolute Gasteiger partial charge is 0.165 e. The Morgan fingerprint density at radius 1 is 1.41 bits per heavy atom. The fraction of sp³-hybridized carbons (Fsp3) is 0.538. The molecule has 1 aromatic rings. The molecule has 0 aromatic heterocycles. The van der Waals surface area contributed by atoms with Gasteiger partial charge in [-0.05, 0) is 31.5 Å². The molecule has 4 heteroatoms. The minimum Gasteiger partial charge on any atom is -0.489 e. The quantitative estimate of drug-likeness (QED) is 0.848. The van der Waals surface area contributed by atoms with Crippen molar-refractivity contribution in [3.05, 3.63) is 30.1 Å². The molecule has 1 aliphatic rings. The number of para-hydroxylation sites is 1. The summed E-state index contributed by atoms with van der Waals surface area (Å²) in [7, 11) is 0. The highest BCUT2D eigenvalue weighted by Crippen LogP contribution is 2.18. The molecule has 1 atom stereocenters. The van der Waals surface area contributed by atoms with E-state index in [0.717, 1.165) is 25.9 Å². The van der Waals surface area contributed by atoms with Crippen LogP contribution in [0.15, 0.2) is 24.3 Å². The first-order chi connectivity index (χ1) is 8.31. The van der Waals surface area contributed by atoms with Crippen molar-refractivity contribution in [2.75, 3.05) is 26.3 Å². The van der Waals surface area contributed by atoms with Crippen molar-refractivity contribution in [3.63, 3.8) is 0 Å². The van der Waals surface area contributed by atoms with Crippen LogP contribution in [0.2, 0.25) is 0 Å². The van der Waals surface area contributed by atoms with Gasteiger partial charge >= 0.3 is 0 Å². The first-order valence-electron chi connectivity index (χ1n) is 6.03. The molecular weight excluding hydrogens is 221 g/mol. The molecule has 0 aliphatic carbocycles. The fourth-order valence-electron chi connectivity index (χ4n) is 2.23. The number of benzene rings is 1. The van der Waals surface area contributed by atoms with Crippen LogP contribution in [0.25, 0.3) is 0 Å². The van der Waals surface area contributed by atoms with Crippen molar-refractivity contribution in [1.82, 2.24) is 4.90 Å². The van der Waals surface area contributed by atoms with Crippen LogP contribution in [0, 0.1) is 5.82 Å². The van der Waals surface area contributed by atoms with Crippen LogP contribution < -0.4 is 4.74 Å². The summed E-state index contributed by atoms with van der Waals surface area (Å²) in [5.74, 6) is -0.0279. The van der Waals surface area contributed by atoms with Crippen molar-refractivity contribution in [1.29, 1.82) is 0 Å². The summed E-state index contributed by atoms with van der Waals surface area (Å²) in [5.41, 5.74) is 0. The monoisotopic (exact) mass is 239 g/mol. The zero-order chi connectivity index (χ0) is 12.1. The first-order valence-corrected chi connectivity index (χ1v) is 6.03. The molecule has 0 bridgehead atoms. The number of aliphatic hydroxyl groups is 1. The molecule has 2 rings (SSSR count). The molecule has 1 heterocycles. The molecule has 0 spiro atoms. The Hall–Kier alpha value is -1.13. The van der Waals surface area contributed by atoms with Gasteiger partial charge in [-0.3, -0.25) is 4.90 Å². The normalized spacial score (nSPS) is 20.7. The van der Waals surface area contributed by atoms with E-state index < -0.39 is 0 Å². The van der Waals surface area contributed by atoms with Gasteiger partial charge in [-0.15, -0.1) is 0 Å². The molecule has 1 saturated heterocycles. The highest BCUT2D eigenvalue weighted by Gasteiger charge is 2.23. The van der Waals surface area contributed by atoms with Crippen LogP contribution in [0.4, 0.5) is 4.39 Å². The number of rotatable bonds is 5. The van der Waals surface area contributed by atoms with Crippen molar-refractivity contribution in [3.8, 4) is 5.75 Å². The summed E-state index contributed by atoms with van der Waals surface area (Å²) in [6, 6.07) is 6.67. The van der Waals surface area contributed by atoms with Crippen LogP contribution in [-0.4, -0.2) is 42.4 Å². The molecule has 17 heavy (non-hydrogen) atoms. The predicted octanol–water partition coefficient (Wildman–Crippen LogP) is 1.66. The number of nitrogens with zero attached hydrogens (tertiary/aromatic N) is 1. The summed E-state index contributed by atoms with van der Waals surface area (Å²) in [5, 5.41) is 9.15. The number of ether oxygens (including phenoxy) is 1. The van der Waals surface area contributed by atoms with Gasteiger partial charge in [-0.1, -0.05) is 12.1 Å². The van der Waals surface area contributed by atoms with Gasteiger partial charge in [0.2, 0.25) is 0 Å². The summed E-state index contributed by atoms with van der Waals surface area (Å²) in [6.07, 6.45) is 2.15. The summed E-state index contributed by atoms with van der Waals surface area (Å²) in [6.45, 7) is 2.38. The Bertz CT molecular complexity index is 359. The second kappa shape index (κ2) is 5.98. The third-order valence-electron chi connectivity index (χ3n) is 3.18. The number of hydrogen-bond donors (Lipinski definition) is 1. The van der Waals surface area contributed by atoms with Gasteiger partial charge in [0.1, 0.15) is 6.61 Å². The van der Waals surface area contributed by atoms with E-state index in [4.69, 9.17) is 9.84 Å². The average molecular weight is 239 g/mol. The predicted molar refractivity (Wildman–Crippen MR) is 63.6 cm³/mol. The van der Waals surface area contributed by atoms with Crippen LogP contribution in [0.5, 0.6) is 5.75 Å². The van der Waals surface area contributed by atoms with Crippen molar-refractivity contribution in [2.24, 2.45) is 0 Å². The Morgan fingerprint density at radius 3 is 3.00 bits per heavy atom. The molecule has 1 aromatic carbocycles. The summed E-state index contributed by atoms with van der Waals surface area (Å²) in [4.78, 5) is 2.20. The lowest BCUT2D eigenvalue weighted by molar-refractivity contribution is 0.138. The van der Waals surface area contributed by atoms with Crippen molar-refractivity contribution < 1.29 is 14.2 Å². The molecule has 94 valence electrons. The van der Waals surface area contributed by atoms with E-state index in [1.807, 2.05) is 0 Å². The molecule has 1 fully saturated rings. The lowest BCUT2D eigenvalue weighted by Gasteiger charge is -2.22. The molecule has 3 nitrogen and oxygen atoms in total. The summed E-state index contributed by atoms with van der Waals surface area (Å²) >= 11 is 0. The lowest BCUT2D eigenvalue weighted by Crippen LogP contribution is -2.35. The summed E-state index contributed by atoms with van der Waals surface area (Å²) < 4.78 is 18.6. The van der Waals surface area contributed by atoms with Gasteiger partial charge in [0, 0.05) is 12.6 Å². The van der Waals surface area contributed by atoms with E-state index in [1.165, 1.54) is 6.07 Å². The maximum Gasteiger partial charge on any atom is 0.165 e. The number of aliphatic hydroxyl groups excluding tert-OH is 1. The Labute approximate surface area is 101 Å². The third kappa shape index (κ3) is 3.17. The minimum atomic E-state index is -0.326. The maximum atomic E-state index is 13.3. The van der Waals surface area contributed by atoms with Gasteiger partial charge in [0.25, 0.3) is 0 Å². The number of halogens is 1. The highest BCUT2D eigenvalue weighted by atomic mass is 19.1. The van der Waals surface area contributed by atoms with E-state index in [-0.39, 0.29) is 18.5 Å². The van der Waals surface area contributed by atoms with Crippen LogP contribution in [-0.2, 0) is 0 Å². The molecule has 0 saturated carbocycles. The van der Waals surface area contributed by atoms with E-state index in [9.17, 15) is 4.39 Å². The SMILES string of the molecule is OC[C@@H]1CCCN1CCOc1ccccc1F. The number of likely N-dealkylation sites (tertiary alicyclic amines) is 1. The Morgan fingerprint density at radius 2 is 2.24 bits per heavy atom. The molecule has 0 unspecified atom stereocenters. The largest absolute Gasteiger partial charge is 0.489 e. The standard InChI is InChI=1S/C13H18FNO2/c14-12-5-1-2-6-13(12)17-9-8-15-7-3-4-11(15)10-16/h1-2,5-6,11,16H,3-4,7-10H2/t11-/m0/s1. The lowest BCUT2D eigenvalue weighted by atomic mass is 10.2. The number of hydrogen-bond acceptors (Lipinski definition) is 3. The van der Waals surface area contributed by atoms with E-state index in [1.54, 1.807) is 18.2 Å². The third-order valence-corrected chi connectivity index (χ3v) is 3.18. The minimum absolute atomic E-state index is 0.194. The topological polar surface area (TPSA) is 32.7 Å².